The van der Waals surface area contributed by atoms with Crippen molar-refractivity contribution in [3.8, 4) is 5.75 Å². The predicted molar refractivity (Wildman–Crippen MR) is 103 cm³/mol. The second-order valence-electron chi connectivity index (χ2n) is 5.45. The second-order valence-corrected chi connectivity index (χ2v) is 6.67. The van der Waals surface area contributed by atoms with Crippen molar-refractivity contribution in [3.05, 3.63) is 63.1 Å². The molecule has 0 saturated heterocycles. The summed E-state index contributed by atoms with van der Waals surface area (Å²) in [5, 5.41) is 43.9. The summed E-state index contributed by atoms with van der Waals surface area (Å²) in [6.07, 6.45) is -0.434. The predicted octanol–water partition coefficient (Wildman–Crippen LogP) is 3.19. The van der Waals surface area contributed by atoms with Crippen LogP contribution in [0.2, 0.25) is 15.1 Å². The molecule has 0 spiro atoms. The molecule has 0 aromatic heterocycles. The smallest absolute Gasteiger partial charge is 0.356 e. The van der Waals surface area contributed by atoms with Crippen molar-refractivity contribution in [2.75, 3.05) is 6.61 Å². The SMILES string of the molecule is O=C(O)COc1cc(Cl)c(Cl)cc1Cl.O=C(O)[C@](O)(Cc1ccccc1)N(O)O. The Morgan fingerprint density at radius 1 is 0.966 bits per heavy atom. The largest absolute Gasteiger partial charge is 0.480 e. The molecule has 2 aromatic carbocycles. The first-order chi connectivity index (χ1) is 13.5. The van der Waals surface area contributed by atoms with E-state index in [2.05, 4.69) is 0 Å². The summed E-state index contributed by atoms with van der Waals surface area (Å²) in [6.45, 7) is -0.475. The van der Waals surface area contributed by atoms with Gasteiger partial charge in [-0.15, -0.1) is 0 Å². The van der Waals surface area contributed by atoms with Gasteiger partial charge >= 0.3 is 11.9 Å². The van der Waals surface area contributed by atoms with E-state index in [9.17, 15) is 14.7 Å². The zero-order valence-electron chi connectivity index (χ0n) is 14.5. The number of carboxylic acid groups (broad SMARTS) is 2. The number of ether oxygens (including phenoxy) is 1. The minimum Gasteiger partial charge on any atom is -0.480 e. The van der Waals surface area contributed by atoms with E-state index in [4.69, 9.17) is 60.2 Å². The van der Waals surface area contributed by atoms with Gasteiger partial charge in [0.15, 0.2) is 6.61 Å². The Morgan fingerprint density at radius 3 is 2.00 bits per heavy atom. The van der Waals surface area contributed by atoms with E-state index >= 15 is 0 Å². The zero-order chi connectivity index (χ0) is 22.2. The number of aliphatic carboxylic acids is 2. The lowest BCUT2D eigenvalue weighted by Gasteiger charge is -2.26. The van der Waals surface area contributed by atoms with Crippen molar-refractivity contribution in [1.29, 1.82) is 0 Å². The lowest BCUT2D eigenvalue weighted by atomic mass is 10.0. The van der Waals surface area contributed by atoms with Crippen LogP contribution in [0.3, 0.4) is 0 Å². The van der Waals surface area contributed by atoms with Crippen LogP contribution in [-0.2, 0) is 16.0 Å². The van der Waals surface area contributed by atoms with Gasteiger partial charge < -0.3 is 20.1 Å². The van der Waals surface area contributed by atoms with E-state index in [0.29, 0.717) is 10.6 Å². The highest BCUT2D eigenvalue weighted by Gasteiger charge is 2.42. The number of carbonyl (C=O) groups is 2. The van der Waals surface area contributed by atoms with Crippen LogP contribution in [0.1, 0.15) is 5.56 Å². The molecule has 0 saturated carbocycles. The van der Waals surface area contributed by atoms with Gasteiger partial charge in [0.1, 0.15) is 5.75 Å². The minimum atomic E-state index is -2.73. The number of nitrogens with zero attached hydrogens (tertiary/aromatic N) is 1. The molecule has 0 aliphatic carbocycles. The summed E-state index contributed by atoms with van der Waals surface area (Å²) < 4.78 is 4.86. The van der Waals surface area contributed by atoms with Crippen molar-refractivity contribution in [2.45, 2.75) is 12.1 Å². The summed E-state index contributed by atoms with van der Waals surface area (Å²) in [6, 6.07) is 10.9. The average molecular weight is 469 g/mol. The molecule has 12 heteroatoms. The third-order valence-electron chi connectivity index (χ3n) is 3.29. The van der Waals surface area contributed by atoms with Crippen LogP contribution in [-0.4, -0.2) is 55.2 Å². The Bertz CT molecular complexity index is 850. The second kappa shape index (κ2) is 11.2. The van der Waals surface area contributed by atoms with E-state index in [0.717, 1.165) is 0 Å². The summed E-state index contributed by atoms with van der Waals surface area (Å²) in [5.41, 5.74) is -2.27. The van der Waals surface area contributed by atoms with Gasteiger partial charge in [-0.25, -0.2) is 9.59 Å². The minimum absolute atomic E-state index is 0.198. The van der Waals surface area contributed by atoms with E-state index in [1.54, 1.807) is 30.3 Å². The Morgan fingerprint density at radius 2 is 1.52 bits per heavy atom. The first-order valence-corrected chi connectivity index (χ1v) is 8.77. The molecule has 0 heterocycles. The molecule has 0 aliphatic heterocycles. The summed E-state index contributed by atoms with van der Waals surface area (Å²) in [7, 11) is 0. The summed E-state index contributed by atoms with van der Waals surface area (Å²) >= 11 is 17.1. The highest BCUT2D eigenvalue weighted by atomic mass is 35.5. The third kappa shape index (κ3) is 7.67. The molecule has 158 valence electrons. The maximum Gasteiger partial charge on any atom is 0.356 e. The molecule has 0 aliphatic rings. The molecule has 1 atom stereocenters. The van der Waals surface area contributed by atoms with Crippen LogP contribution in [0.5, 0.6) is 5.75 Å². The van der Waals surface area contributed by atoms with Crippen LogP contribution in [0.25, 0.3) is 0 Å². The van der Waals surface area contributed by atoms with E-state index in [1.807, 2.05) is 0 Å². The number of hydroxylamine groups is 2. The van der Waals surface area contributed by atoms with Crippen LogP contribution in [0.4, 0.5) is 0 Å². The van der Waals surface area contributed by atoms with Crippen molar-refractivity contribution >= 4 is 46.7 Å². The van der Waals surface area contributed by atoms with Gasteiger partial charge in [0.05, 0.1) is 15.1 Å². The van der Waals surface area contributed by atoms with Gasteiger partial charge in [0, 0.05) is 12.5 Å². The van der Waals surface area contributed by atoms with Gasteiger partial charge in [0.25, 0.3) is 5.72 Å². The fourth-order valence-electron chi connectivity index (χ4n) is 1.87. The molecule has 0 unspecified atom stereocenters. The van der Waals surface area contributed by atoms with E-state index in [-0.39, 0.29) is 15.8 Å². The Hall–Kier alpha value is -2.11. The normalized spacial score (nSPS) is 12.5. The van der Waals surface area contributed by atoms with Crippen molar-refractivity contribution in [3.63, 3.8) is 0 Å². The number of rotatable bonds is 7. The van der Waals surface area contributed by atoms with Crippen LogP contribution >= 0.6 is 34.8 Å². The molecule has 29 heavy (non-hydrogen) atoms. The van der Waals surface area contributed by atoms with E-state index < -0.39 is 35.9 Å². The molecule has 0 radical (unpaired) electrons. The van der Waals surface area contributed by atoms with Gasteiger partial charge in [-0.05, 0) is 16.9 Å². The van der Waals surface area contributed by atoms with Crippen molar-refractivity contribution in [2.24, 2.45) is 0 Å². The monoisotopic (exact) mass is 467 g/mol. The number of halogens is 3. The first kappa shape index (κ1) is 24.9. The fraction of sp³-hybridized carbons (Fsp3) is 0.176. The Balaban J connectivity index is 0.000000291. The molecule has 5 N–H and O–H groups in total. The lowest BCUT2D eigenvalue weighted by molar-refractivity contribution is -0.402. The number of hydrogen-bond donors (Lipinski definition) is 5. The van der Waals surface area contributed by atoms with E-state index in [1.165, 1.54) is 12.1 Å². The zero-order valence-corrected chi connectivity index (χ0v) is 16.8. The third-order valence-corrected chi connectivity index (χ3v) is 4.31. The molecular formula is C17H16Cl3NO8. The molecular weight excluding hydrogens is 453 g/mol. The fourth-order valence-corrected chi connectivity index (χ4v) is 2.46. The maximum absolute atomic E-state index is 10.7. The number of aliphatic hydroxyl groups is 1. The van der Waals surface area contributed by atoms with Gasteiger partial charge in [-0.3, -0.25) is 10.4 Å². The molecule has 0 fully saturated rings. The first-order valence-electron chi connectivity index (χ1n) is 7.64. The molecule has 2 aromatic rings. The van der Waals surface area contributed by atoms with Gasteiger partial charge in [-0.1, -0.05) is 65.1 Å². The Labute approximate surface area is 179 Å². The summed E-state index contributed by atoms with van der Waals surface area (Å²) in [5.74, 6) is -2.63. The highest BCUT2D eigenvalue weighted by molar-refractivity contribution is 6.43. The topological polar surface area (TPSA) is 148 Å². The van der Waals surface area contributed by atoms with Gasteiger partial charge in [-0.2, -0.15) is 0 Å². The quantitative estimate of drug-likeness (QED) is 0.235. The summed E-state index contributed by atoms with van der Waals surface area (Å²) in [4.78, 5) is 20.9. The number of hydrogen-bond acceptors (Lipinski definition) is 7. The van der Waals surface area contributed by atoms with Gasteiger partial charge in [0.2, 0.25) is 0 Å². The Kier molecular flexibility index (Phi) is 9.60. The average Bonchev–Trinajstić information content (AvgIpc) is 2.64. The van der Waals surface area contributed by atoms with Crippen LogP contribution in [0.15, 0.2) is 42.5 Å². The lowest BCUT2D eigenvalue weighted by Crippen LogP contribution is -2.53. The molecule has 0 amide bonds. The molecule has 2 rings (SSSR count). The van der Waals surface area contributed by atoms with Crippen LogP contribution in [0, 0.1) is 0 Å². The highest BCUT2D eigenvalue weighted by Crippen LogP contribution is 2.33. The molecule has 0 bridgehead atoms. The maximum atomic E-state index is 10.7. The van der Waals surface area contributed by atoms with Crippen LogP contribution < -0.4 is 4.74 Å². The number of benzene rings is 2. The number of carboxylic acids is 2. The van der Waals surface area contributed by atoms with Crippen molar-refractivity contribution < 1.29 is 40.1 Å². The molecule has 9 nitrogen and oxygen atoms in total. The van der Waals surface area contributed by atoms with Crippen molar-refractivity contribution in [1.82, 2.24) is 5.23 Å². The standard InChI is InChI=1S/C9H11NO5.C8H5Cl3O3/c11-8(12)9(13,10(14)15)6-7-4-2-1-3-5-7;9-4-1-6(11)7(2-5(4)10)14-3-8(12)13/h1-5,13-15H,6H2,(H,11,12);1-2H,3H2,(H,12,13)/t9-;/m1./s1.